The molecule has 3 heterocycles. The van der Waals surface area contributed by atoms with Crippen LogP contribution in [0.1, 0.15) is 30.7 Å². The number of nitrogens with zero attached hydrogens (tertiary/aromatic N) is 4. The highest BCUT2D eigenvalue weighted by atomic mass is 32.1. The zero-order valence-electron chi connectivity index (χ0n) is 16.8. The SMILES string of the molecule is Cc1nc(-c2ccc3ncnc(N[C@H]4CC[C@H](N5CCOCC5)CC4)c3c2)cs1. The number of rotatable bonds is 4. The van der Waals surface area contributed by atoms with E-state index in [2.05, 4.69) is 48.7 Å². The maximum Gasteiger partial charge on any atom is 0.137 e. The Morgan fingerprint density at radius 3 is 2.69 bits per heavy atom. The molecule has 1 saturated heterocycles. The minimum Gasteiger partial charge on any atom is -0.379 e. The van der Waals surface area contributed by atoms with Crippen molar-refractivity contribution in [2.75, 3.05) is 31.6 Å². The van der Waals surface area contributed by atoms with Crippen LogP contribution in [0.5, 0.6) is 0 Å². The highest BCUT2D eigenvalue weighted by Crippen LogP contribution is 2.30. The third-order valence-corrected chi connectivity index (χ3v) is 6.92. The van der Waals surface area contributed by atoms with Crippen LogP contribution >= 0.6 is 11.3 Å². The van der Waals surface area contributed by atoms with E-state index in [4.69, 9.17) is 4.74 Å². The van der Waals surface area contributed by atoms with Crippen LogP contribution in [-0.2, 0) is 4.74 Å². The Morgan fingerprint density at radius 1 is 1.10 bits per heavy atom. The van der Waals surface area contributed by atoms with Crippen molar-refractivity contribution in [1.29, 1.82) is 0 Å². The van der Waals surface area contributed by atoms with Crippen LogP contribution in [-0.4, -0.2) is 58.2 Å². The van der Waals surface area contributed by atoms with E-state index in [-0.39, 0.29) is 0 Å². The number of fused-ring (bicyclic) bond motifs is 1. The number of anilines is 1. The molecule has 2 aromatic heterocycles. The molecule has 7 heteroatoms. The highest BCUT2D eigenvalue weighted by Gasteiger charge is 2.27. The van der Waals surface area contributed by atoms with Crippen molar-refractivity contribution >= 4 is 28.1 Å². The van der Waals surface area contributed by atoms with E-state index in [1.54, 1.807) is 17.7 Å². The number of aryl methyl sites for hydroxylation is 1. The average molecular weight is 410 g/mol. The van der Waals surface area contributed by atoms with Gasteiger partial charge in [0.05, 0.1) is 29.4 Å². The van der Waals surface area contributed by atoms with Gasteiger partial charge in [-0.15, -0.1) is 11.3 Å². The average Bonchev–Trinajstić information content (AvgIpc) is 3.21. The summed E-state index contributed by atoms with van der Waals surface area (Å²) in [5, 5.41) is 7.99. The van der Waals surface area contributed by atoms with E-state index in [0.717, 1.165) is 59.3 Å². The molecule has 1 N–H and O–H groups in total. The van der Waals surface area contributed by atoms with Gasteiger partial charge in [-0.3, -0.25) is 4.90 Å². The molecule has 0 spiro atoms. The number of ether oxygens (including phenoxy) is 1. The van der Waals surface area contributed by atoms with Crippen LogP contribution < -0.4 is 5.32 Å². The first kappa shape index (κ1) is 18.9. The quantitative estimate of drug-likeness (QED) is 0.699. The summed E-state index contributed by atoms with van der Waals surface area (Å²) in [5.41, 5.74) is 3.12. The largest absolute Gasteiger partial charge is 0.379 e. The second-order valence-electron chi connectivity index (χ2n) is 8.00. The second-order valence-corrected chi connectivity index (χ2v) is 9.07. The van der Waals surface area contributed by atoms with Gasteiger partial charge in [0.1, 0.15) is 12.1 Å². The smallest absolute Gasteiger partial charge is 0.137 e. The van der Waals surface area contributed by atoms with Gasteiger partial charge in [-0.05, 0) is 44.7 Å². The zero-order chi connectivity index (χ0) is 19.6. The van der Waals surface area contributed by atoms with Crippen LogP contribution in [0.15, 0.2) is 29.9 Å². The molecule has 152 valence electrons. The molecular formula is C22H27N5OS. The fraction of sp³-hybridized carbons (Fsp3) is 0.500. The molecule has 6 nitrogen and oxygen atoms in total. The summed E-state index contributed by atoms with van der Waals surface area (Å²) in [5.74, 6) is 0.943. The van der Waals surface area contributed by atoms with Crippen LogP contribution in [0.3, 0.4) is 0 Å². The fourth-order valence-electron chi connectivity index (χ4n) is 4.55. The van der Waals surface area contributed by atoms with Crippen molar-refractivity contribution in [1.82, 2.24) is 19.9 Å². The van der Waals surface area contributed by atoms with Gasteiger partial charge in [0.25, 0.3) is 0 Å². The van der Waals surface area contributed by atoms with Gasteiger partial charge in [0, 0.05) is 41.5 Å². The molecule has 1 aromatic carbocycles. The van der Waals surface area contributed by atoms with Gasteiger partial charge < -0.3 is 10.1 Å². The zero-order valence-corrected chi connectivity index (χ0v) is 17.6. The summed E-state index contributed by atoms with van der Waals surface area (Å²) >= 11 is 1.68. The van der Waals surface area contributed by atoms with Gasteiger partial charge in [0.2, 0.25) is 0 Å². The minimum atomic E-state index is 0.468. The van der Waals surface area contributed by atoms with E-state index in [1.165, 1.54) is 25.7 Å². The Balaban J connectivity index is 1.31. The van der Waals surface area contributed by atoms with E-state index in [0.29, 0.717) is 12.1 Å². The number of hydrogen-bond donors (Lipinski definition) is 1. The van der Waals surface area contributed by atoms with Gasteiger partial charge >= 0.3 is 0 Å². The topological polar surface area (TPSA) is 63.2 Å². The molecule has 1 saturated carbocycles. The Morgan fingerprint density at radius 2 is 1.93 bits per heavy atom. The predicted octanol–water partition coefficient (Wildman–Crippen LogP) is 4.12. The Labute approximate surface area is 175 Å². The summed E-state index contributed by atoms with van der Waals surface area (Å²) in [6.45, 7) is 5.97. The number of thiazole rings is 1. The van der Waals surface area contributed by atoms with Crippen molar-refractivity contribution in [3.63, 3.8) is 0 Å². The number of hydrogen-bond acceptors (Lipinski definition) is 7. The summed E-state index contributed by atoms with van der Waals surface area (Å²) in [6.07, 6.45) is 6.50. The van der Waals surface area contributed by atoms with Crippen molar-refractivity contribution < 1.29 is 4.74 Å². The Kier molecular flexibility index (Phi) is 5.44. The monoisotopic (exact) mass is 409 g/mol. The maximum absolute atomic E-state index is 5.50. The normalized spacial score (nSPS) is 23.3. The first-order valence-corrected chi connectivity index (χ1v) is 11.4. The molecule has 1 aliphatic heterocycles. The van der Waals surface area contributed by atoms with Crippen LogP contribution in [0, 0.1) is 6.92 Å². The first-order valence-electron chi connectivity index (χ1n) is 10.5. The van der Waals surface area contributed by atoms with E-state index >= 15 is 0 Å². The Hall–Kier alpha value is -2.09. The lowest BCUT2D eigenvalue weighted by molar-refractivity contribution is 0.00791. The van der Waals surface area contributed by atoms with Crippen molar-refractivity contribution in [2.45, 2.75) is 44.7 Å². The van der Waals surface area contributed by atoms with Crippen LogP contribution in [0.25, 0.3) is 22.2 Å². The minimum absolute atomic E-state index is 0.468. The second kappa shape index (κ2) is 8.34. The van der Waals surface area contributed by atoms with Crippen LogP contribution in [0.2, 0.25) is 0 Å². The number of aromatic nitrogens is 3. The highest BCUT2D eigenvalue weighted by molar-refractivity contribution is 7.09. The fourth-order valence-corrected chi connectivity index (χ4v) is 5.17. The van der Waals surface area contributed by atoms with Crippen molar-refractivity contribution in [3.05, 3.63) is 34.9 Å². The van der Waals surface area contributed by atoms with Crippen LogP contribution in [0.4, 0.5) is 5.82 Å². The standard InChI is InChI=1S/C22H27N5OS/c1-15-25-21(13-29-15)16-2-7-20-19(12-16)22(24-14-23-20)26-17-3-5-18(6-4-17)27-8-10-28-11-9-27/h2,7,12-14,17-18H,3-6,8-11H2,1H3,(H,23,24,26)/t17-,18-. The van der Waals surface area contributed by atoms with Crippen molar-refractivity contribution in [2.24, 2.45) is 0 Å². The third-order valence-electron chi connectivity index (χ3n) is 6.15. The lowest BCUT2D eigenvalue weighted by Gasteiger charge is -2.39. The number of benzene rings is 1. The molecule has 2 fully saturated rings. The molecule has 0 unspecified atom stereocenters. The molecule has 0 radical (unpaired) electrons. The molecule has 0 amide bonds. The van der Waals surface area contributed by atoms with E-state index < -0.39 is 0 Å². The molecular weight excluding hydrogens is 382 g/mol. The summed E-state index contributed by atoms with van der Waals surface area (Å²) in [6, 6.07) is 7.52. The molecule has 2 aliphatic rings. The lowest BCUT2D eigenvalue weighted by Crippen LogP contribution is -2.46. The van der Waals surface area contributed by atoms with Gasteiger partial charge in [0.15, 0.2) is 0 Å². The summed E-state index contributed by atoms with van der Waals surface area (Å²) < 4.78 is 5.50. The first-order chi connectivity index (χ1) is 14.3. The summed E-state index contributed by atoms with van der Waals surface area (Å²) in [7, 11) is 0. The third kappa shape index (κ3) is 4.13. The molecule has 0 atom stereocenters. The van der Waals surface area contributed by atoms with E-state index in [9.17, 15) is 0 Å². The van der Waals surface area contributed by atoms with Crippen molar-refractivity contribution in [3.8, 4) is 11.3 Å². The predicted molar refractivity (Wildman–Crippen MR) is 117 cm³/mol. The molecule has 29 heavy (non-hydrogen) atoms. The summed E-state index contributed by atoms with van der Waals surface area (Å²) in [4.78, 5) is 16.3. The molecule has 5 rings (SSSR count). The Bertz CT molecular complexity index is 976. The van der Waals surface area contributed by atoms with Gasteiger partial charge in [-0.25, -0.2) is 15.0 Å². The number of nitrogens with one attached hydrogen (secondary N) is 1. The van der Waals surface area contributed by atoms with E-state index in [1.807, 2.05) is 6.92 Å². The maximum atomic E-state index is 5.50. The van der Waals surface area contributed by atoms with Gasteiger partial charge in [-0.1, -0.05) is 6.07 Å². The molecule has 0 bridgehead atoms. The molecule has 3 aromatic rings. The lowest BCUT2D eigenvalue weighted by atomic mass is 9.90. The molecule has 1 aliphatic carbocycles. The number of morpholine rings is 1. The van der Waals surface area contributed by atoms with Gasteiger partial charge in [-0.2, -0.15) is 0 Å².